The van der Waals surface area contributed by atoms with Crippen molar-refractivity contribution in [1.82, 2.24) is 10.6 Å². The zero-order valence-corrected chi connectivity index (χ0v) is 18.6. The van der Waals surface area contributed by atoms with Crippen molar-refractivity contribution in [2.75, 3.05) is 23.8 Å². The molecule has 6 rings (SSSR count). The fourth-order valence-corrected chi connectivity index (χ4v) is 7.28. The number of fused-ring (bicyclic) bond motifs is 1. The Morgan fingerprint density at radius 3 is 2.41 bits per heavy atom. The van der Waals surface area contributed by atoms with Crippen LogP contribution in [0, 0.1) is 17.8 Å². The fourth-order valence-electron chi connectivity index (χ4n) is 6.35. The quantitative estimate of drug-likeness (QED) is 0.658. The molecule has 1 aliphatic heterocycles. The van der Waals surface area contributed by atoms with E-state index in [0.717, 1.165) is 24.2 Å². The van der Waals surface area contributed by atoms with Gasteiger partial charge in [0.2, 0.25) is 5.91 Å². The highest BCUT2D eigenvalue weighted by atomic mass is 32.2. The van der Waals surface area contributed by atoms with Crippen LogP contribution in [-0.2, 0) is 19.1 Å². The lowest BCUT2D eigenvalue weighted by Gasteiger charge is -2.56. The maximum absolute atomic E-state index is 12.4. The maximum atomic E-state index is 12.4. The standard InChI is InChI=1S/C23H27N3O5S/c27-19(24-22(30)25-23-8-14-5-15(9-23)7-16(6-14)10-23)12-31-21(29)11-26-17-3-1-2-4-18(17)32-13-20(26)28/h1-4,14-16H,5-13H2,(H2,24,25,27,30). The van der Waals surface area contributed by atoms with Crippen LogP contribution in [-0.4, -0.2) is 48.3 Å². The van der Waals surface area contributed by atoms with Crippen LogP contribution >= 0.6 is 11.8 Å². The zero-order chi connectivity index (χ0) is 22.3. The summed E-state index contributed by atoms with van der Waals surface area (Å²) < 4.78 is 5.03. The van der Waals surface area contributed by atoms with Crippen LogP contribution in [0.15, 0.2) is 29.2 Å². The third kappa shape index (κ3) is 4.35. The summed E-state index contributed by atoms with van der Waals surface area (Å²) in [6, 6.07) is 6.81. The molecule has 4 amide bonds. The van der Waals surface area contributed by atoms with Crippen molar-refractivity contribution in [2.24, 2.45) is 17.8 Å². The molecule has 0 atom stereocenters. The first-order valence-electron chi connectivity index (χ1n) is 11.2. The van der Waals surface area contributed by atoms with Gasteiger partial charge in [-0.2, -0.15) is 0 Å². The molecule has 4 fully saturated rings. The van der Waals surface area contributed by atoms with Crippen LogP contribution < -0.4 is 15.5 Å². The Morgan fingerprint density at radius 2 is 1.72 bits per heavy atom. The van der Waals surface area contributed by atoms with E-state index in [4.69, 9.17) is 4.74 Å². The Kier molecular flexibility index (Phi) is 5.61. The van der Waals surface area contributed by atoms with E-state index in [1.807, 2.05) is 12.1 Å². The molecule has 170 valence electrons. The minimum absolute atomic E-state index is 0.190. The fraction of sp³-hybridized carbons (Fsp3) is 0.565. The number of esters is 1. The highest BCUT2D eigenvalue weighted by Gasteiger charge is 2.51. The van der Waals surface area contributed by atoms with Crippen LogP contribution in [0.25, 0.3) is 0 Å². The third-order valence-corrected chi connectivity index (χ3v) is 8.18. The van der Waals surface area contributed by atoms with Crippen LogP contribution in [0.1, 0.15) is 38.5 Å². The van der Waals surface area contributed by atoms with Gasteiger partial charge in [-0.3, -0.25) is 24.6 Å². The molecule has 5 aliphatic rings. The number of carbonyl (C=O) groups excluding carboxylic acids is 4. The van der Waals surface area contributed by atoms with Gasteiger partial charge in [-0.05, 0) is 68.4 Å². The highest BCUT2D eigenvalue weighted by Crippen LogP contribution is 2.55. The Morgan fingerprint density at radius 1 is 1.06 bits per heavy atom. The van der Waals surface area contributed by atoms with Crippen molar-refractivity contribution in [1.29, 1.82) is 0 Å². The number of hydrogen-bond donors (Lipinski definition) is 2. The van der Waals surface area contributed by atoms with Crippen molar-refractivity contribution in [3.8, 4) is 0 Å². The first kappa shape index (κ1) is 21.3. The number of rotatable bonds is 5. The number of amides is 4. The summed E-state index contributed by atoms with van der Waals surface area (Å²) in [7, 11) is 0. The molecule has 1 heterocycles. The van der Waals surface area contributed by atoms with Gasteiger partial charge in [0.05, 0.1) is 11.4 Å². The van der Waals surface area contributed by atoms with Crippen molar-refractivity contribution >= 4 is 41.3 Å². The van der Waals surface area contributed by atoms with E-state index in [1.54, 1.807) is 12.1 Å². The number of thioether (sulfide) groups is 1. The van der Waals surface area contributed by atoms with E-state index in [9.17, 15) is 19.2 Å². The molecule has 1 aromatic carbocycles. The van der Waals surface area contributed by atoms with Gasteiger partial charge in [-0.1, -0.05) is 12.1 Å². The molecule has 0 spiro atoms. The molecule has 4 saturated carbocycles. The summed E-state index contributed by atoms with van der Waals surface area (Å²) in [6.45, 7) is -0.839. The number of para-hydroxylation sites is 1. The second-order valence-electron chi connectivity index (χ2n) is 9.60. The number of hydrogen-bond acceptors (Lipinski definition) is 6. The van der Waals surface area contributed by atoms with Gasteiger partial charge in [0, 0.05) is 10.4 Å². The van der Waals surface area contributed by atoms with Crippen LogP contribution in [0.2, 0.25) is 0 Å². The average Bonchev–Trinajstić information content (AvgIpc) is 2.73. The second kappa shape index (κ2) is 8.42. The first-order chi connectivity index (χ1) is 15.4. The molecule has 0 aromatic heterocycles. The average molecular weight is 458 g/mol. The third-order valence-electron chi connectivity index (χ3n) is 7.13. The number of nitrogens with one attached hydrogen (secondary N) is 2. The molecule has 8 nitrogen and oxygen atoms in total. The molecular weight excluding hydrogens is 430 g/mol. The Bertz CT molecular complexity index is 929. The molecule has 0 unspecified atom stereocenters. The summed E-state index contributed by atoms with van der Waals surface area (Å²) in [6.07, 6.45) is 6.75. The Balaban J connectivity index is 1.10. The van der Waals surface area contributed by atoms with Gasteiger partial charge >= 0.3 is 12.0 Å². The number of carbonyl (C=O) groups is 4. The number of urea groups is 1. The van der Waals surface area contributed by atoms with E-state index in [2.05, 4.69) is 10.6 Å². The molecule has 0 saturated heterocycles. The molecular formula is C23H27N3O5S. The van der Waals surface area contributed by atoms with E-state index < -0.39 is 24.5 Å². The highest BCUT2D eigenvalue weighted by molar-refractivity contribution is 8.00. The lowest BCUT2D eigenvalue weighted by Crippen LogP contribution is -2.62. The van der Waals surface area contributed by atoms with E-state index >= 15 is 0 Å². The van der Waals surface area contributed by atoms with E-state index in [-0.39, 0.29) is 23.7 Å². The topological polar surface area (TPSA) is 105 Å². The molecule has 1 aromatic rings. The molecule has 4 bridgehead atoms. The lowest BCUT2D eigenvalue weighted by molar-refractivity contribution is -0.147. The van der Waals surface area contributed by atoms with Crippen molar-refractivity contribution in [3.05, 3.63) is 24.3 Å². The summed E-state index contributed by atoms with van der Waals surface area (Å²) in [4.78, 5) is 51.4. The number of ether oxygens (including phenoxy) is 1. The number of benzene rings is 1. The number of nitrogens with zero attached hydrogens (tertiary/aromatic N) is 1. The van der Waals surface area contributed by atoms with Crippen LogP contribution in [0.5, 0.6) is 0 Å². The van der Waals surface area contributed by atoms with Gasteiger partial charge in [0.25, 0.3) is 5.91 Å². The predicted octanol–water partition coefficient (Wildman–Crippen LogP) is 2.46. The number of anilines is 1. The van der Waals surface area contributed by atoms with Crippen molar-refractivity contribution in [2.45, 2.75) is 49.0 Å². The molecule has 32 heavy (non-hydrogen) atoms. The largest absolute Gasteiger partial charge is 0.454 e. The van der Waals surface area contributed by atoms with Gasteiger partial charge in [0.1, 0.15) is 6.54 Å². The lowest BCUT2D eigenvalue weighted by atomic mass is 9.53. The number of imide groups is 1. The predicted molar refractivity (Wildman–Crippen MR) is 118 cm³/mol. The van der Waals surface area contributed by atoms with E-state index in [0.29, 0.717) is 23.4 Å². The SMILES string of the molecule is O=C(COC(=O)CN1C(=O)CSc2ccccc21)NC(=O)NC12CC3CC(CC(C3)C1)C2. The van der Waals surface area contributed by atoms with Crippen LogP contribution in [0.3, 0.4) is 0 Å². The Hall–Kier alpha value is -2.55. The first-order valence-corrected chi connectivity index (χ1v) is 12.2. The summed E-state index contributed by atoms with van der Waals surface area (Å²) in [5.74, 6) is 0.718. The van der Waals surface area contributed by atoms with Gasteiger partial charge in [0.15, 0.2) is 6.61 Å². The second-order valence-corrected chi connectivity index (χ2v) is 10.6. The summed E-state index contributed by atoms with van der Waals surface area (Å²) in [5, 5.41) is 5.35. The summed E-state index contributed by atoms with van der Waals surface area (Å²) in [5.41, 5.74) is 0.459. The molecule has 2 N–H and O–H groups in total. The monoisotopic (exact) mass is 457 g/mol. The van der Waals surface area contributed by atoms with Crippen molar-refractivity contribution < 1.29 is 23.9 Å². The molecule has 4 aliphatic carbocycles. The van der Waals surface area contributed by atoms with Gasteiger partial charge in [-0.25, -0.2) is 4.79 Å². The van der Waals surface area contributed by atoms with E-state index in [1.165, 1.54) is 35.9 Å². The van der Waals surface area contributed by atoms with Gasteiger partial charge < -0.3 is 10.1 Å². The minimum atomic E-state index is -0.698. The Labute approximate surface area is 190 Å². The smallest absolute Gasteiger partial charge is 0.326 e. The van der Waals surface area contributed by atoms with Crippen molar-refractivity contribution in [3.63, 3.8) is 0 Å². The summed E-state index contributed by atoms with van der Waals surface area (Å²) >= 11 is 1.42. The molecule has 0 radical (unpaired) electrons. The minimum Gasteiger partial charge on any atom is -0.454 e. The van der Waals surface area contributed by atoms with Crippen LogP contribution in [0.4, 0.5) is 10.5 Å². The maximum Gasteiger partial charge on any atom is 0.326 e. The zero-order valence-electron chi connectivity index (χ0n) is 17.8. The normalized spacial score (nSPS) is 29.9. The van der Waals surface area contributed by atoms with Gasteiger partial charge in [-0.15, -0.1) is 11.8 Å². The molecule has 9 heteroatoms.